The van der Waals surface area contributed by atoms with Gasteiger partial charge in [-0.25, -0.2) is 0 Å². The molecule has 0 fully saturated rings. The van der Waals surface area contributed by atoms with Gasteiger partial charge < -0.3 is 15.0 Å². The van der Waals surface area contributed by atoms with E-state index in [4.69, 9.17) is 0 Å². The van der Waals surface area contributed by atoms with Crippen LogP contribution in [0.5, 0.6) is 0 Å². The lowest BCUT2D eigenvalue weighted by Gasteiger charge is -2.20. The number of aliphatic hydroxyl groups excluding tert-OH is 2. The van der Waals surface area contributed by atoms with Crippen molar-refractivity contribution in [3.05, 3.63) is 44.5 Å². The van der Waals surface area contributed by atoms with E-state index in [2.05, 4.69) is 0 Å². The zero-order valence-corrected chi connectivity index (χ0v) is 17.1. The lowest BCUT2D eigenvalue weighted by Crippen LogP contribution is -2.43. The van der Waals surface area contributed by atoms with Crippen molar-refractivity contribution < 1.29 is 24.9 Å². The van der Waals surface area contributed by atoms with Crippen molar-refractivity contribution in [2.75, 3.05) is 0 Å². The molecule has 0 spiro atoms. The summed E-state index contributed by atoms with van der Waals surface area (Å²) in [6.07, 6.45) is 10.1. The number of aliphatic hydroxyl groups is 2. The maximum absolute atomic E-state index is 11.3. The van der Waals surface area contributed by atoms with Gasteiger partial charge in [0.25, 0.3) is 0 Å². The summed E-state index contributed by atoms with van der Waals surface area (Å²) in [7, 11) is 0. The Morgan fingerprint density at radius 3 is 2.07 bits per heavy atom. The number of nitro groups is 2. The van der Waals surface area contributed by atoms with E-state index in [1.54, 1.807) is 12.2 Å². The number of rotatable bonds is 18. The van der Waals surface area contributed by atoms with Gasteiger partial charge in [0.1, 0.15) is 18.5 Å². The van der Waals surface area contributed by atoms with Crippen molar-refractivity contribution in [1.29, 1.82) is 0 Å². The van der Waals surface area contributed by atoms with E-state index in [9.17, 15) is 35.2 Å². The van der Waals surface area contributed by atoms with Crippen LogP contribution in [0.4, 0.5) is 0 Å². The van der Waals surface area contributed by atoms with Gasteiger partial charge in [-0.15, -0.1) is 0 Å². The Morgan fingerprint density at radius 2 is 1.48 bits per heavy atom. The quantitative estimate of drug-likeness (QED) is 0.115. The molecule has 166 valence electrons. The van der Waals surface area contributed by atoms with Gasteiger partial charge in [-0.05, 0) is 32.1 Å². The highest BCUT2D eigenvalue weighted by Crippen LogP contribution is 2.18. The molecule has 4 atom stereocenters. The van der Waals surface area contributed by atoms with Crippen LogP contribution in [0.15, 0.2) is 24.3 Å². The van der Waals surface area contributed by atoms with Crippen molar-refractivity contribution in [3.63, 3.8) is 0 Å². The molecule has 0 saturated heterocycles. The van der Waals surface area contributed by atoms with Gasteiger partial charge in [0.2, 0.25) is 12.1 Å². The molecule has 0 aromatic carbocycles. The SMILES string of the molecule is CCCCCC(O)C(CC(C(O)C/C=C\C/C=C\CCCC=O)[N+](=O)[O-])[N+](=O)[O-]. The van der Waals surface area contributed by atoms with Gasteiger partial charge in [-0.1, -0.05) is 50.5 Å². The Morgan fingerprint density at radius 1 is 0.862 bits per heavy atom. The fourth-order valence-electron chi connectivity index (χ4n) is 2.91. The molecule has 2 N–H and O–H groups in total. The molecule has 9 nitrogen and oxygen atoms in total. The Balaban J connectivity index is 4.64. The summed E-state index contributed by atoms with van der Waals surface area (Å²) in [5, 5.41) is 42.8. The highest BCUT2D eigenvalue weighted by molar-refractivity contribution is 5.49. The average Bonchev–Trinajstić information content (AvgIpc) is 2.66. The Labute approximate surface area is 171 Å². The van der Waals surface area contributed by atoms with Crippen LogP contribution in [-0.4, -0.2) is 50.6 Å². The van der Waals surface area contributed by atoms with E-state index >= 15 is 0 Å². The standard InChI is InChI=1S/C20H34N2O7/c1-2-3-10-13-19(24)17(21(26)27)16-18(22(28)29)20(25)14-11-8-6-4-5-7-9-12-15-23/h4-5,8,11,15,17-20,24-25H,2-3,6-7,9-10,12-14,16H2,1H3/b5-4-,11-8-. The number of nitrogens with zero attached hydrogens (tertiary/aromatic N) is 2. The predicted octanol–water partition coefficient (Wildman–Crippen LogP) is 3.23. The second kappa shape index (κ2) is 16.8. The lowest BCUT2D eigenvalue weighted by molar-refractivity contribution is -0.573. The summed E-state index contributed by atoms with van der Waals surface area (Å²) in [6, 6.07) is -3.00. The predicted molar refractivity (Wildman–Crippen MR) is 110 cm³/mol. The van der Waals surface area contributed by atoms with E-state index in [-0.39, 0.29) is 12.8 Å². The minimum Gasteiger partial charge on any atom is -0.386 e. The zero-order chi connectivity index (χ0) is 22.1. The molecule has 0 aliphatic carbocycles. The normalized spacial score (nSPS) is 16.0. The Hall–Kier alpha value is -2.13. The van der Waals surface area contributed by atoms with Crippen LogP contribution in [0.1, 0.15) is 71.1 Å². The molecule has 4 unspecified atom stereocenters. The van der Waals surface area contributed by atoms with Crippen molar-refractivity contribution in [3.8, 4) is 0 Å². The lowest BCUT2D eigenvalue weighted by atomic mass is 9.94. The molecule has 0 radical (unpaired) electrons. The van der Waals surface area contributed by atoms with E-state index < -0.39 is 40.6 Å². The molecule has 0 aliphatic heterocycles. The Kier molecular flexibility index (Phi) is 15.6. The zero-order valence-electron chi connectivity index (χ0n) is 17.1. The van der Waals surface area contributed by atoms with Crippen molar-refractivity contribution >= 4 is 6.29 Å². The van der Waals surface area contributed by atoms with Crippen molar-refractivity contribution in [1.82, 2.24) is 0 Å². The van der Waals surface area contributed by atoms with Gasteiger partial charge in [0, 0.05) is 16.3 Å². The van der Waals surface area contributed by atoms with Gasteiger partial charge in [0.15, 0.2) is 0 Å². The number of carbonyl (C=O) groups is 1. The van der Waals surface area contributed by atoms with Crippen LogP contribution < -0.4 is 0 Å². The molecule has 0 saturated carbocycles. The largest absolute Gasteiger partial charge is 0.386 e. The average molecular weight is 414 g/mol. The third kappa shape index (κ3) is 12.8. The van der Waals surface area contributed by atoms with Gasteiger partial charge in [-0.3, -0.25) is 20.2 Å². The van der Waals surface area contributed by atoms with E-state index in [1.807, 2.05) is 19.1 Å². The Bertz CT molecular complexity index is 537. The van der Waals surface area contributed by atoms with Crippen LogP contribution in [0.3, 0.4) is 0 Å². The number of hydrogen-bond donors (Lipinski definition) is 2. The highest BCUT2D eigenvalue weighted by Gasteiger charge is 2.40. The molecule has 0 aliphatic rings. The summed E-state index contributed by atoms with van der Waals surface area (Å²) in [4.78, 5) is 31.4. The molecule has 0 rings (SSSR count). The van der Waals surface area contributed by atoms with E-state index in [1.165, 1.54) is 0 Å². The molecular formula is C20H34N2O7. The molecule has 0 aromatic rings. The molecule has 29 heavy (non-hydrogen) atoms. The monoisotopic (exact) mass is 414 g/mol. The minimum absolute atomic E-state index is 0.000985. The summed E-state index contributed by atoms with van der Waals surface area (Å²) < 4.78 is 0. The number of hydrogen-bond acceptors (Lipinski definition) is 7. The van der Waals surface area contributed by atoms with Crippen molar-refractivity contribution in [2.45, 2.75) is 95.4 Å². The minimum atomic E-state index is -1.52. The third-order valence-electron chi connectivity index (χ3n) is 4.69. The van der Waals surface area contributed by atoms with Crippen LogP contribution in [0.2, 0.25) is 0 Å². The topological polar surface area (TPSA) is 144 Å². The number of unbranched alkanes of at least 4 members (excludes halogenated alkanes) is 4. The smallest absolute Gasteiger partial charge is 0.245 e. The van der Waals surface area contributed by atoms with Crippen LogP contribution in [0.25, 0.3) is 0 Å². The summed E-state index contributed by atoms with van der Waals surface area (Å²) in [5.74, 6) is 0. The molecule has 0 heterocycles. The maximum atomic E-state index is 11.3. The van der Waals surface area contributed by atoms with Gasteiger partial charge in [0.05, 0.1) is 6.42 Å². The molecule has 0 amide bonds. The number of carbonyl (C=O) groups excluding carboxylic acids is 1. The van der Waals surface area contributed by atoms with Crippen molar-refractivity contribution in [2.24, 2.45) is 0 Å². The molecule has 9 heteroatoms. The van der Waals surface area contributed by atoms with Gasteiger partial charge in [-0.2, -0.15) is 0 Å². The van der Waals surface area contributed by atoms with Gasteiger partial charge >= 0.3 is 0 Å². The summed E-state index contributed by atoms with van der Waals surface area (Å²) >= 11 is 0. The first-order valence-corrected chi connectivity index (χ1v) is 10.2. The third-order valence-corrected chi connectivity index (χ3v) is 4.69. The molecular weight excluding hydrogens is 380 g/mol. The molecule has 0 aromatic heterocycles. The number of aldehydes is 1. The molecule has 0 bridgehead atoms. The second-order valence-electron chi connectivity index (χ2n) is 7.08. The fourth-order valence-corrected chi connectivity index (χ4v) is 2.91. The van der Waals surface area contributed by atoms with Crippen LogP contribution in [0, 0.1) is 20.2 Å². The van der Waals surface area contributed by atoms with E-state index in [0.29, 0.717) is 19.3 Å². The van der Waals surface area contributed by atoms with Crippen LogP contribution >= 0.6 is 0 Å². The summed E-state index contributed by atoms with van der Waals surface area (Å²) in [5.41, 5.74) is 0. The maximum Gasteiger partial charge on any atom is 0.245 e. The highest BCUT2D eigenvalue weighted by atomic mass is 16.6. The first kappa shape index (κ1) is 26.9. The first-order chi connectivity index (χ1) is 13.8. The first-order valence-electron chi connectivity index (χ1n) is 10.2. The fraction of sp³-hybridized carbons (Fsp3) is 0.750. The second-order valence-corrected chi connectivity index (χ2v) is 7.08. The summed E-state index contributed by atoms with van der Waals surface area (Å²) in [6.45, 7) is 1.97. The number of allylic oxidation sites excluding steroid dienone is 3. The van der Waals surface area contributed by atoms with Crippen LogP contribution in [-0.2, 0) is 4.79 Å². The van der Waals surface area contributed by atoms with E-state index in [0.717, 1.165) is 32.0 Å².